The largest absolute Gasteiger partial charge is 0.573 e. The van der Waals surface area contributed by atoms with Crippen LogP contribution in [0.4, 0.5) is 22.0 Å². The maximum atomic E-state index is 14.4. The van der Waals surface area contributed by atoms with Gasteiger partial charge in [0.2, 0.25) is 0 Å². The van der Waals surface area contributed by atoms with E-state index in [1.54, 1.807) is 0 Å². The smallest absolute Gasteiger partial charge is 0.403 e. The lowest BCUT2D eigenvalue weighted by Gasteiger charge is -2.18. The number of nitrogens with one attached hydrogen (secondary N) is 1. The van der Waals surface area contributed by atoms with Gasteiger partial charge in [-0.2, -0.15) is 0 Å². The van der Waals surface area contributed by atoms with Crippen LogP contribution in [-0.4, -0.2) is 22.1 Å². The molecular weight excluding hydrogens is 423 g/mol. The Hall–Kier alpha value is -3.56. The third kappa shape index (κ3) is 5.33. The van der Waals surface area contributed by atoms with Crippen LogP contribution in [0.25, 0.3) is 0 Å². The molecule has 1 atom stereocenters. The molecule has 162 valence electrons. The number of rotatable bonds is 6. The van der Waals surface area contributed by atoms with Gasteiger partial charge in [-0.3, -0.25) is 14.6 Å². The van der Waals surface area contributed by atoms with Gasteiger partial charge in [-0.1, -0.05) is 6.07 Å². The molecule has 0 saturated carbocycles. The maximum absolute atomic E-state index is 14.4. The maximum Gasteiger partial charge on any atom is 0.573 e. The number of hydrogen-bond acceptors (Lipinski definition) is 4. The van der Waals surface area contributed by atoms with Crippen molar-refractivity contribution in [2.24, 2.45) is 0 Å². The van der Waals surface area contributed by atoms with E-state index in [2.05, 4.69) is 14.7 Å². The minimum atomic E-state index is -5.09. The molecular formula is C21H15F5N2O3. The average molecular weight is 438 g/mol. The molecule has 10 heteroatoms. The minimum absolute atomic E-state index is 0.0270. The summed E-state index contributed by atoms with van der Waals surface area (Å²) >= 11 is 0. The highest BCUT2D eigenvalue weighted by Crippen LogP contribution is 2.33. The molecule has 31 heavy (non-hydrogen) atoms. The third-order valence-corrected chi connectivity index (χ3v) is 4.50. The van der Waals surface area contributed by atoms with Crippen LogP contribution in [0.3, 0.4) is 0 Å². The number of alkyl halides is 3. The molecule has 0 unspecified atom stereocenters. The summed E-state index contributed by atoms with van der Waals surface area (Å²) < 4.78 is 69.5. The average Bonchev–Trinajstić information content (AvgIpc) is 2.69. The third-order valence-electron chi connectivity index (χ3n) is 4.50. The number of ketones is 1. The van der Waals surface area contributed by atoms with Crippen molar-refractivity contribution in [2.75, 3.05) is 0 Å². The van der Waals surface area contributed by atoms with E-state index in [9.17, 15) is 31.5 Å². The van der Waals surface area contributed by atoms with E-state index in [1.165, 1.54) is 31.5 Å². The van der Waals surface area contributed by atoms with Crippen molar-refractivity contribution in [2.45, 2.75) is 25.6 Å². The van der Waals surface area contributed by atoms with Crippen molar-refractivity contribution < 1.29 is 31.5 Å². The van der Waals surface area contributed by atoms with Gasteiger partial charge in [0.05, 0.1) is 5.69 Å². The number of halogens is 5. The predicted octanol–water partition coefficient (Wildman–Crippen LogP) is 4.66. The Morgan fingerprint density at radius 2 is 1.90 bits per heavy atom. The van der Waals surface area contributed by atoms with E-state index in [-0.39, 0.29) is 34.4 Å². The second-order valence-corrected chi connectivity index (χ2v) is 6.69. The predicted molar refractivity (Wildman–Crippen MR) is 99.9 cm³/mol. The zero-order valence-electron chi connectivity index (χ0n) is 16.0. The molecule has 3 rings (SSSR count). The molecule has 2 aromatic heterocycles. The van der Waals surface area contributed by atoms with Gasteiger partial charge in [0.25, 0.3) is 5.56 Å². The first-order valence-electron chi connectivity index (χ1n) is 8.93. The van der Waals surface area contributed by atoms with Gasteiger partial charge in [0.1, 0.15) is 5.82 Å². The van der Waals surface area contributed by atoms with E-state index >= 15 is 0 Å². The Balaban J connectivity index is 2.00. The number of H-pyrrole nitrogens is 1. The standard InChI is InChI=1S/C21H15F5N2O3/c1-11-7-13(10-28-20(11)30)17(29)9-14(19-15(22)3-2-6-27-19)12-4-5-18(16(23)8-12)31-21(24,25)26/h2-8,10,14H,9H2,1H3,(H,28,30)/t14-/m0/s1. The van der Waals surface area contributed by atoms with Gasteiger partial charge in [-0.05, 0) is 42.8 Å². The lowest BCUT2D eigenvalue weighted by molar-refractivity contribution is -0.275. The fraction of sp³-hybridized carbons (Fsp3) is 0.190. The number of nitrogens with zero attached hydrogens (tertiary/aromatic N) is 1. The summed E-state index contributed by atoms with van der Waals surface area (Å²) in [6.45, 7) is 1.50. The summed E-state index contributed by atoms with van der Waals surface area (Å²) in [4.78, 5) is 30.6. The number of aromatic amines is 1. The van der Waals surface area contributed by atoms with Crippen LogP contribution in [0.5, 0.6) is 5.75 Å². The number of benzene rings is 1. The second-order valence-electron chi connectivity index (χ2n) is 6.69. The van der Waals surface area contributed by atoms with Crippen molar-refractivity contribution >= 4 is 5.78 Å². The van der Waals surface area contributed by atoms with E-state index in [0.29, 0.717) is 0 Å². The Morgan fingerprint density at radius 3 is 2.52 bits per heavy atom. The minimum Gasteiger partial charge on any atom is -0.403 e. The SMILES string of the molecule is Cc1cc(C(=O)C[C@@H](c2ccc(OC(F)(F)F)c(F)c2)c2ncccc2F)c[nH]c1=O. The number of Topliss-reactive ketones (excluding diaryl/α,β-unsaturated/α-hetero) is 1. The molecule has 3 aromatic rings. The van der Waals surface area contributed by atoms with Crippen LogP contribution in [-0.2, 0) is 0 Å². The van der Waals surface area contributed by atoms with Gasteiger partial charge >= 0.3 is 6.36 Å². The molecule has 1 aromatic carbocycles. The molecule has 2 heterocycles. The van der Waals surface area contributed by atoms with Crippen molar-refractivity contribution in [3.8, 4) is 5.75 Å². The molecule has 0 fully saturated rings. The van der Waals surface area contributed by atoms with Gasteiger partial charge in [0.15, 0.2) is 17.3 Å². The molecule has 0 spiro atoms. The van der Waals surface area contributed by atoms with E-state index in [0.717, 1.165) is 24.3 Å². The van der Waals surface area contributed by atoms with Crippen molar-refractivity contribution in [3.63, 3.8) is 0 Å². The van der Waals surface area contributed by atoms with E-state index in [1.807, 2.05) is 0 Å². The number of carbonyl (C=O) groups excluding carboxylic acids is 1. The Labute approximate surface area is 172 Å². The number of ether oxygens (including phenoxy) is 1. The normalized spacial score (nSPS) is 12.5. The number of hydrogen-bond donors (Lipinski definition) is 1. The Kier molecular flexibility index (Phi) is 6.19. The first kappa shape index (κ1) is 22.1. The van der Waals surface area contributed by atoms with Crippen molar-refractivity contribution in [1.29, 1.82) is 0 Å². The Morgan fingerprint density at radius 1 is 1.16 bits per heavy atom. The number of aryl methyl sites for hydroxylation is 1. The van der Waals surface area contributed by atoms with Gasteiger partial charge in [0, 0.05) is 35.9 Å². The van der Waals surface area contributed by atoms with Gasteiger partial charge in [-0.15, -0.1) is 13.2 Å². The van der Waals surface area contributed by atoms with Crippen LogP contribution < -0.4 is 10.3 Å². The summed E-state index contributed by atoms with van der Waals surface area (Å²) in [5.41, 5.74) is -0.117. The van der Waals surface area contributed by atoms with Crippen LogP contribution in [0.1, 0.15) is 39.5 Å². The highest BCUT2D eigenvalue weighted by Gasteiger charge is 2.33. The zero-order chi connectivity index (χ0) is 22.8. The molecule has 0 aliphatic rings. The lowest BCUT2D eigenvalue weighted by Crippen LogP contribution is -2.18. The first-order chi connectivity index (χ1) is 14.5. The van der Waals surface area contributed by atoms with Gasteiger partial charge in [-0.25, -0.2) is 8.78 Å². The topological polar surface area (TPSA) is 72.0 Å². The number of carbonyl (C=O) groups is 1. The molecule has 0 aliphatic heterocycles. The lowest BCUT2D eigenvalue weighted by atomic mass is 9.88. The molecule has 0 saturated heterocycles. The summed E-state index contributed by atoms with van der Waals surface area (Å²) in [6.07, 6.45) is -2.99. The summed E-state index contributed by atoms with van der Waals surface area (Å²) in [7, 11) is 0. The van der Waals surface area contributed by atoms with E-state index < -0.39 is 35.4 Å². The molecule has 0 radical (unpaired) electrons. The summed E-state index contributed by atoms with van der Waals surface area (Å²) in [5, 5.41) is 0. The van der Waals surface area contributed by atoms with Gasteiger partial charge < -0.3 is 9.72 Å². The molecule has 0 aliphatic carbocycles. The zero-order valence-corrected chi connectivity index (χ0v) is 16.0. The first-order valence-corrected chi connectivity index (χ1v) is 8.93. The molecule has 0 amide bonds. The van der Waals surface area contributed by atoms with Crippen molar-refractivity contribution in [1.82, 2.24) is 9.97 Å². The number of aromatic nitrogens is 2. The van der Waals surface area contributed by atoms with Crippen molar-refractivity contribution in [3.05, 3.63) is 93.2 Å². The van der Waals surface area contributed by atoms with Crippen LogP contribution >= 0.6 is 0 Å². The van der Waals surface area contributed by atoms with Crippen LogP contribution in [0.2, 0.25) is 0 Å². The van der Waals surface area contributed by atoms with E-state index in [4.69, 9.17) is 0 Å². The monoisotopic (exact) mass is 438 g/mol. The quantitative estimate of drug-likeness (QED) is 0.449. The molecule has 0 bridgehead atoms. The highest BCUT2D eigenvalue weighted by molar-refractivity contribution is 5.96. The number of pyridine rings is 2. The Bertz CT molecular complexity index is 1170. The molecule has 1 N–H and O–H groups in total. The highest BCUT2D eigenvalue weighted by atomic mass is 19.4. The fourth-order valence-corrected chi connectivity index (χ4v) is 3.03. The van der Waals surface area contributed by atoms with Crippen LogP contribution in [0.15, 0.2) is 53.6 Å². The molecule has 5 nitrogen and oxygen atoms in total. The van der Waals surface area contributed by atoms with Crippen LogP contribution in [0, 0.1) is 18.6 Å². The second kappa shape index (κ2) is 8.66. The fourth-order valence-electron chi connectivity index (χ4n) is 3.03. The summed E-state index contributed by atoms with van der Waals surface area (Å²) in [5.74, 6) is -4.77. The summed E-state index contributed by atoms with van der Waals surface area (Å²) in [6, 6.07) is 6.37.